The van der Waals surface area contributed by atoms with Gasteiger partial charge in [0.05, 0.1) is 13.2 Å². The third-order valence-electron chi connectivity index (χ3n) is 5.53. The van der Waals surface area contributed by atoms with Crippen LogP contribution in [0.1, 0.15) is 53.4 Å². The van der Waals surface area contributed by atoms with Crippen LogP contribution >= 0.6 is 0 Å². The summed E-state index contributed by atoms with van der Waals surface area (Å²) in [4.78, 5) is 39.2. The number of hydrogen-bond acceptors (Lipinski definition) is 5. The lowest BCUT2D eigenvalue weighted by Gasteiger charge is -2.33. The molecule has 0 aromatic rings. The Labute approximate surface area is 149 Å². The lowest BCUT2D eigenvalue weighted by molar-refractivity contribution is -0.148. The fourth-order valence-corrected chi connectivity index (χ4v) is 3.61. The number of methoxy groups -OCH3 is 1. The second kappa shape index (κ2) is 6.94. The molecule has 2 amide bonds. The number of carbonyl (C=O) groups is 3. The van der Waals surface area contributed by atoms with E-state index >= 15 is 0 Å². The maximum absolute atomic E-state index is 12.8. The van der Waals surface area contributed by atoms with Gasteiger partial charge in [-0.25, -0.2) is 4.79 Å². The maximum Gasteiger partial charge on any atom is 0.331 e. The zero-order valence-electron chi connectivity index (χ0n) is 15.9. The topological polar surface area (TPSA) is 102 Å². The number of hydrogen-bond donors (Lipinski definition) is 2. The summed E-state index contributed by atoms with van der Waals surface area (Å²) >= 11 is 0. The fraction of sp³-hybridized carbons (Fsp3) is 0.833. The molecule has 1 aliphatic carbocycles. The van der Waals surface area contributed by atoms with Crippen molar-refractivity contribution in [2.24, 2.45) is 17.1 Å². The monoisotopic (exact) mass is 353 g/mol. The predicted molar refractivity (Wildman–Crippen MR) is 93.5 cm³/mol. The summed E-state index contributed by atoms with van der Waals surface area (Å²) < 4.78 is 4.88. The molecule has 2 rings (SSSR count). The normalized spacial score (nSPS) is 29.9. The van der Waals surface area contributed by atoms with Gasteiger partial charge in [0.15, 0.2) is 0 Å². The van der Waals surface area contributed by atoms with Gasteiger partial charge < -0.3 is 20.7 Å². The van der Waals surface area contributed by atoms with Crippen LogP contribution in [0.25, 0.3) is 0 Å². The highest BCUT2D eigenvalue weighted by Gasteiger charge is 2.61. The number of likely N-dealkylation sites (tertiary alicyclic amines) is 1. The smallest absolute Gasteiger partial charge is 0.331 e. The second-order valence-electron chi connectivity index (χ2n) is 8.29. The standard InChI is InChI=1S/C18H31N3O4/c1-6-11-10-18(11,16(24)25-5)20-14(22)12-8-7-9-21(12)15(23)13(19)17(2,3)4/h11-13H,6-10,19H2,1-5H3,(H,20,22)/t11-,12+,13-,18-/m1/s1. The molecule has 0 aromatic heterocycles. The number of rotatable bonds is 5. The third-order valence-corrected chi connectivity index (χ3v) is 5.53. The van der Waals surface area contributed by atoms with Gasteiger partial charge in [-0.15, -0.1) is 0 Å². The van der Waals surface area contributed by atoms with Crippen LogP contribution in [0.5, 0.6) is 0 Å². The average Bonchev–Trinajstić information content (AvgIpc) is 3.04. The zero-order chi connectivity index (χ0) is 19.0. The van der Waals surface area contributed by atoms with Crippen LogP contribution in [0.15, 0.2) is 0 Å². The molecule has 142 valence electrons. The van der Waals surface area contributed by atoms with Crippen LogP contribution in [-0.4, -0.2) is 54.0 Å². The number of nitrogens with two attached hydrogens (primary N) is 1. The molecule has 2 fully saturated rings. The Hall–Kier alpha value is -1.63. The third kappa shape index (κ3) is 3.66. The van der Waals surface area contributed by atoms with Gasteiger partial charge in [0.1, 0.15) is 11.6 Å². The van der Waals surface area contributed by atoms with Crippen molar-refractivity contribution in [1.82, 2.24) is 10.2 Å². The molecule has 4 atom stereocenters. The molecule has 3 N–H and O–H groups in total. The van der Waals surface area contributed by atoms with Gasteiger partial charge in [0, 0.05) is 6.54 Å². The number of ether oxygens (including phenoxy) is 1. The van der Waals surface area contributed by atoms with Gasteiger partial charge in [-0.05, 0) is 30.6 Å². The highest BCUT2D eigenvalue weighted by molar-refractivity contribution is 5.95. The average molecular weight is 353 g/mol. The van der Waals surface area contributed by atoms with E-state index in [1.54, 1.807) is 4.90 Å². The molecule has 0 spiro atoms. The minimum Gasteiger partial charge on any atom is -0.467 e. The van der Waals surface area contributed by atoms with Gasteiger partial charge in [0.25, 0.3) is 0 Å². The van der Waals surface area contributed by atoms with E-state index in [2.05, 4.69) is 5.32 Å². The fourth-order valence-electron chi connectivity index (χ4n) is 3.61. The largest absolute Gasteiger partial charge is 0.467 e. The lowest BCUT2D eigenvalue weighted by Crippen LogP contribution is -2.57. The van der Waals surface area contributed by atoms with Crippen molar-refractivity contribution in [3.63, 3.8) is 0 Å². The van der Waals surface area contributed by atoms with Crippen molar-refractivity contribution in [3.8, 4) is 0 Å². The number of nitrogens with zero attached hydrogens (tertiary/aromatic N) is 1. The Morgan fingerprint density at radius 1 is 1.36 bits per heavy atom. The SMILES string of the molecule is CC[C@@H]1C[C@]1(NC(=O)[C@@H]1CCCN1C(=O)[C@@H](N)C(C)(C)C)C(=O)OC. The van der Waals surface area contributed by atoms with E-state index in [0.717, 1.165) is 12.8 Å². The van der Waals surface area contributed by atoms with Crippen LogP contribution in [0.4, 0.5) is 0 Å². The number of nitrogens with one attached hydrogen (secondary N) is 1. The molecule has 1 saturated heterocycles. The number of carbonyl (C=O) groups excluding carboxylic acids is 3. The summed E-state index contributed by atoms with van der Waals surface area (Å²) in [6, 6.07) is -1.24. The van der Waals surface area contributed by atoms with E-state index in [4.69, 9.17) is 10.5 Å². The van der Waals surface area contributed by atoms with E-state index < -0.39 is 23.6 Å². The van der Waals surface area contributed by atoms with Crippen LogP contribution < -0.4 is 11.1 Å². The Kier molecular flexibility index (Phi) is 5.47. The molecule has 1 saturated carbocycles. The summed E-state index contributed by atoms with van der Waals surface area (Å²) in [5.41, 5.74) is 4.79. The molecule has 0 radical (unpaired) electrons. The molecule has 2 aliphatic rings. The molecule has 7 nitrogen and oxygen atoms in total. The summed E-state index contributed by atoms with van der Waals surface area (Å²) in [6.07, 6.45) is 2.72. The summed E-state index contributed by atoms with van der Waals surface area (Å²) in [6.45, 7) is 8.22. The Morgan fingerprint density at radius 3 is 2.48 bits per heavy atom. The number of amides is 2. The predicted octanol–water partition coefficient (Wildman–Crippen LogP) is 0.809. The molecule has 7 heteroatoms. The first kappa shape index (κ1) is 19.7. The molecule has 0 aromatic carbocycles. The van der Waals surface area contributed by atoms with Crippen molar-refractivity contribution in [3.05, 3.63) is 0 Å². The molecule has 0 bridgehead atoms. The first-order valence-corrected chi connectivity index (χ1v) is 9.05. The lowest BCUT2D eigenvalue weighted by atomic mass is 9.86. The van der Waals surface area contributed by atoms with Gasteiger partial charge in [0.2, 0.25) is 11.8 Å². The van der Waals surface area contributed by atoms with Crippen LogP contribution in [0.2, 0.25) is 0 Å². The highest BCUT2D eigenvalue weighted by Crippen LogP contribution is 2.47. The Balaban J connectivity index is 2.10. The van der Waals surface area contributed by atoms with E-state index in [9.17, 15) is 14.4 Å². The highest BCUT2D eigenvalue weighted by atomic mass is 16.5. The van der Waals surface area contributed by atoms with Gasteiger partial charge in [-0.1, -0.05) is 34.1 Å². The summed E-state index contributed by atoms with van der Waals surface area (Å²) in [5.74, 6) is -0.810. The van der Waals surface area contributed by atoms with E-state index in [-0.39, 0.29) is 23.1 Å². The molecule has 1 heterocycles. The van der Waals surface area contributed by atoms with Gasteiger partial charge in [-0.3, -0.25) is 9.59 Å². The molecular weight excluding hydrogens is 322 g/mol. The van der Waals surface area contributed by atoms with E-state index in [0.29, 0.717) is 19.4 Å². The quantitative estimate of drug-likeness (QED) is 0.712. The number of esters is 1. The summed E-state index contributed by atoms with van der Waals surface area (Å²) in [7, 11) is 1.33. The van der Waals surface area contributed by atoms with E-state index in [1.165, 1.54) is 7.11 Å². The molecule has 25 heavy (non-hydrogen) atoms. The first-order chi connectivity index (χ1) is 11.6. The van der Waals surface area contributed by atoms with Crippen LogP contribution in [-0.2, 0) is 19.1 Å². The van der Waals surface area contributed by atoms with Gasteiger partial charge >= 0.3 is 5.97 Å². The Morgan fingerprint density at radius 2 is 2.00 bits per heavy atom. The molecule has 1 aliphatic heterocycles. The maximum atomic E-state index is 12.8. The van der Waals surface area contributed by atoms with Crippen molar-refractivity contribution < 1.29 is 19.1 Å². The van der Waals surface area contributed by atoms with Crippen LogP contribution in [0.3, 0.4) is 0 Å². The minimum absolute atomic E-state index is 0.0892. The first-order valence-electron chi connectivity index (χ1n) is 9.05. The van der Waals surface area contributed by atoms with Gasteiger partial charge in [-0.2, -0.15) is 0 Å². The van der Waals surface area contributed by atoms with E-state index in [1.807, 2.05) is 27.7 Å². The minimum atomic E-state index is -0.927. The zero-order valence-corrected chi connectivity index (χ0v) is 15.9. The summed E-state index contributed by atoms with van der Waals surface area (Å²) in [5, 5.41) is 2.88. The van der Waals surface area contributed by atoms with Crippen molar-refractivity contribution >= 4 is 17.8 Å². The van der Waals surface area contributed by atoms with Crippen molar-refractivity contribution in [1.29, 1.82) is 0 Å². The van der Waals surface area contributed by atoms with Crippen molar-refractivity contribution in [2.45, 2.75) is 71.0 Å². The molecule has 0 unspecified atom stereocenters. The van der Waals surface area contributed by atoms with Crippen LogP contribution in [0, 0.1) is 11.3 Å². The Bertz CT molecular complexity index is 557. The second-order valence-corrected chi connectivity index (χ2v) is 8.29. The van der Waals surface area contributed by atoms with Crippen molar-refractivity contribution in [2.75, 3.05) is 13.7 Å². The molecular formula is C18H31N3O4.